The van der Waals surface area contributed by atoms with Gasteiger partial charge in [-0.05, 0) is 152 Å². The quantitative estimate of drug-likeness (QED) is 0.0561. The van der Waals surface area contributed by atoms with Crippen molar-refractivity contribution in [1.29, 1.82) is 0 Å². The molecule has 4 N–H and O–H groups in total. The van der Waals surface area contributed by atoms with E-state index in [1.54, 1.807) is 141 Å². The molecule has 4 aromatic carbocycles. The van der Waals surface area contributed by atoms with Gasteiger partial charge in [0.2, 0.25) is 11.5 Å². The third-order valence-corrected chi connectivity index (χ3v) is 16.6. The summed E-state index contributed by atoms with van der Waals surface area (Å²) in [6.45, 7) is 0. The van der Waals surface area contributed by atoms with E-state index in [0.29, 0.717) is 107 Å². The first-order valence-electron chi connectivity index (χ1n) is 30.2. The molecule has 23 heteroatoms. The maximum Gasteiger partial charge on any atom is 0.253 e. The van der Waals surface area contributed by atoms with Crippen LogP contribution in [0.5, 0.6) is 0 Å². The maximum absolute atomic E-state index is 13.8. The van der Waals surface area contributed by atoms with Crippen molar-refractivity contribution < 1.29 is 61.9 Å². The number of hydrogen-bond acceptors (Lipinski definition) is 13. The fraction of sp³-hybridized carbons (Fsp3) is 0.214. The minimum atomic E-state index is -0.349. The van der Waals surface area contributed by atoms with Gasteiger partial charge < -0.3 is 44.1 Å². The van der Waals surface area contributed by atoms with Crippen molar-refractivity contribution in [2.45, 2.75) is 96.3 Å². The highest BCUT2D eigenvalue weighted by Crippen LogP contribution is 2.34. The molecule has 474 valence electrons. The van der Waals surface area contributed by atoms with Crippen molar-refractivity contribution in [2.24, 2.45) is 15.5 Å². The molecular weight excluding hydrogens is 1200 g/mol. The van der Waals surface area contributed by atoms with Gasteiger partial charge in [0.25, 0.3) is 5.69 Å². The number of nitrogens with zero attached hydrogens (tertiary/aromatic N) is 9. The normalized spacial score (nSPS) is 16.2. The van der Waals surface area contributed by atoms with Gasteiger partial charge in [-0.2, -0.15) is 0 Å². The number of Topliss-reactive ketones (excluding diaryl/α,β-unsaturated/α-hetero) is 3. The summed E-state index contributed by atoms with van der Waals surface area (Å²) in [4.78, 5) is 48.6. The summed E-state index contributed by atoms with van der Waals surface area (Å²) < 4.78 is 66.3. The van der Waals surface area contributed by atoms with E-state index in [1.165, 1.54) is 29.8 Å². The topological polar surface area (TPSA) is 255 Å². The molecule has 0 unspecified atom stereocenters. The molecule has 0 fully saturated rings. The number of carbonyl (C=O) groups is 4. The monoisotopic (exact) mass is 1260 g/mol. The minimum Gasteiger partial charge on any atom is -0.411 e. The molecule has 16 rings (SSSR count). The van der Waals surface area contributed by atoms with E-state index in [0.717, 1.165) is 90.3 Å². The first kappa shape index (κ1) is 63.3. The lowest BCUT2D eigenvalue weighted by atomic mass is 9.92. The number of fused-ring (bicyclic) bond motifs is 7. The third kappa shape index (κ3) is 14.1. The van der Waals surface area contributed by atoms with Gasteiger partial charge in [-0.1, -0.05) is 70.1 Å². The molecular formula is C70H62F4N10O9. The number of allylic oxidation sites excluding steroid dienone is 2. The van der Waals surface area contributed by atoms with Crippen LogP contribution in [0.4, 0.5) is 17.6 Å². The number of benzene rings is 4. The lowest BCUT2D eigenvalue weighted by molar-refractivity contribution is -0.807. The summed E-state index contributed by atoms with van der Waals surface area (Å²) in [5.74, 6) is -0.794. The van der Waals surface area contributed by atoms with Crippen LogP contribution in [-0.2, 0) is 43.3 Å². The van der Waals surface area contributed by atoms with E-state index in [-0.39, 0.29) is 52.0 Å². The van der Waals surface area contributed by atoms with Crippen molar-refractivity contribution in [3.05, 3.63) is 255 Å². The molecule has 0 aliphatic heterocycles. The van der Waals surface area contributed by atoms with E-state index in [9.17, 15) is 41.9 Å². The van der Waals surface area contributed by atoms with Crippen molar-refractivity contribution in [1.82, 2.24) is 28.4 Å². The molecule has 0 saturated heterocycles. The standard InChI is InChI=1S/C14H10FN3O2.C14H12FN3O2.C14H11FN2O2.C14H12FNO.C8H9NO.C6H8O/c15-11-3-1-2-4-12(11)17-7-9-5-6-13-14(10(9)8-17)16-20-18(13)19;15-11-3-1-2-4-13(11)18-7-9-5-6-12(16-19)14(17-20)10(9)8-18;15-11-3-1-2-4-13(11)17-7-9-5-6-12(16-19)14(18)10(9)8-17;15-12-5-1-2-6-13(12)16-8-10-4-3-7-14(17)11(10)9-16;10-8-3-1-2-6-4-9-5-7(6)8;7-6-4-2-1-3-5-6/h1-4,7-8H,5-6H2;1-4,7-8,19-20H,5-6H2;1-4,7-8,19H,5-6H2;1-2,5-6,8-9H,3-4,7H2;4-5,9H,1-3H2;2,4H,1,3,5H2/b;16-12+,17-14-;16-12+;;;. The molecule has 0 atom stereocenters. The number of aromatic amines is 1. The van der Waals surface area contributed by atoms with Gasteiger partial charge in [0.05, 0.1) is 28.3 Å². The fourth-order valence-corrected chi connectivity index (χ4v) is 11.9. The highest BCUT2D eigenvalue weighted by molar-refractivity contribution is 6.49. The van der Waals surface area contributed by atoms with Crippen LogP contribution in [0.2, 0.25) is 0 Å². The van der Waals surface area contributed by atoms with Gasteiger partial charge in [-0.15, -0.1) is 0 Å². The van der Waals surface area contributed by atoms with Crippen LogP contribution < -0.4 is 4.90 Å². The highest BCUT2D eigenvalue weighted by atomic mass is 19.1. The zero-order valence-electron chi connectivity index (χ0n) is 50.1. The van der Waals surface area contributed by atoms with Gasteiger partial charge >= 0.3 is 0 Å². The predicted octanol–water partition coefficient (Wildman–Crippen LogP) is 13.1. The second-order valence-electron chi connectivity index (χ2n) is 22.5. The van der Waals surface area contributed by atoms with Crippen LogP contribution in [0.25, 0.3) is 34.0 Å². The lowest BCUT2D eigenvalue weighted by Gasteiger charge is -2.12. The van der Waals surface area contributed by atoms with Crippen LogP contribution in [0, 0.1) is 28.5 Å². The van der Waals surface area contributed by atoms with Gasteiger partial charge in [0, 0.05) is 121 Å². The smallest absolute Gasteiger partial charge is 0.253 e. The Balaban J connectivity index is 0.000000117. The molecule has 19 nitrogen and oxygen atoms in total. The number of ketones is 4. The number of para-hydroxylation sites is 4. The van der Waals surface area contributed by atoms with E-state index in [4.69, 9.17) is 15.6 Å². The summed E-state index contributed by atoms with van der Waals surface area (Å²) in [7, 11) is 0. The molecule has 0 amide bonds. The zero-order chi connectivity index (χ0) is 65.1. The Hall–Kier alpha value is -11.2. The largest absolute Gasteiger partial charge is 0.411 e. The Morgan fingerprint density at radius 3 is 1.39 bits per heavy atom. The average Bonchev–Trinajstić information content (AvgIpc) is 1.67. The number of nitrogens with one attached hydrogen (secondary N) is 1. The van der Waals surface area contributed by atoms with Crippen molar-refractivity contribution in [2.75, 3.05) is 0 Å². The SMILES string of the molecule is O/N=C1\C(=N\O)CCc2cn(-c3ccccc3F)cc21.O=C1/C(=N/O)CCc2cn(-c3ccccc3F)cc21.O=C1C=CCCC1.O=C1CCCc2c[nH]cc21.O=C1CCCc2cn(-c3ccccc3F)cc21.[O-][n+]1onc2c1CCc1cn(-c3ccccc3F)cc1-2. The van der Waals surface area contributed by atoms with E-state index >= 15 is 0 Å². The number of H-pyrrole nitrogens is 1. The molecule has 6 aromatic heterocycles. The van der Waals surface area contributed by atoms with Crippen LogP contribution in [-0.4, -0.2) is 84.3 Å². The molecule has 0 bridgehead atoms. The Bertz CT molecular complexity index is 4560. The van der Waals surface area contributed by atoms with Crippen LogP contribution in [0.3, 0.4) is 0 Å². The molecule has 0 saturated carbocycles. The molecule has 0 radical (unpaired) electrons. The average molecular weight is 1260 g/mol. The molecule has 93 heavy (non-hydrogen) atoms. The Kier molecular flexibility index (Phi) is 19.6. The van der Waals surface area contributed by atoms with Crippen LogP contribution in [0.15, 0.2) is 191 Å². The second kappa shape index (κ2) is 28.7. The summed E-state index contributed by atoms with van der Waals surface area (Å²) >= 11 is 0. The third-order valence-electron chi connectivity index (χ3n) is 16.6. The Morgan fingerprint density at radius 2 is 0.914 bits per heavy atom. The first-order valence-corrected chi connectivity index (χ1v) is 30.2. The Morgan fingerprint density at radius 1 is 0.462 bits per heavy atom. The lowest BCUT2D eigenvalue weighted by Crippen LogP contribution is -2.29. The number of halogens is 4. The Labute approximate surface area is 529 Å². The first-order chi connectivity index (χ1) is 45.2. The van der Waals surface area contributed by atoms with Crippen LogP contribution in [0.1, 0.15) is 128 Å². The van der Waals surface area contributed by atoms with Crippen molar-refractivity contribution in [3.8, 4) is 34.0 Å². The minimum absolute atomic E-state index is 0.152. The number of oxime groups is 3. The van der Waals surface area contributed by atoms with E-state index < -0.39 is 0 Å². The summed E-state index contributed by atoms with van der Waals surface area (Å²) in [5.41, 5.74) is 12.2. The maximum atomic E-state index is 13.8. The number of aromatic nitrogens is 7. The van der Waals surface area contributed by atoms with Gasteiger partial charge in [-0.25, -0.2) is 17.6 Å². The highest BCUT2D eigenvalue weighted by Gasteiger charge is 2.31. The van der Waals surface area contributed by atoms with Gasteiger partial charge in [0.15, 0.2) is 17.3 Å². The number of carbonyl (C=O) groups excluding carboxylic acids is 4. The summed E-state index contributed by atoms with van der Waals surface area (Å²) in [6, 6.07) is 25.9. The molecule has 6 aliphatic rings. The van der Waals surface area contributed by atoms with Gasteiger partial charge in [0.1, 0.15) is 40.4 Å². The number of hydrogen-bond donors (Lipinski definition) is 4. The second-order valence-corrected chi connectivity index (χ2v) is 22.5. The van der Waals surface area contributed by atoms with Crippen molar-refractivity contribution >= 4 is 40.3 Å². The zero-order valence-corrected chi connectivity index (χ0v) is 50.1. The van der Waals surface area contributed by atoms with Crippen LogP contribution >= 0.6 is 0 Å². The summed E-state index contributed by atoms with van der Waals surface area (Å²) in [5, 5.41) is 51.3. The molecule has 0 spiro atoms. The molecule has 10 aromatic rings. The summed E-state index contributed by atoms with van der Waals surface area (Å²) in [6.07, 6.45) is 33.0. The van der Waals surface area contributed by atoms with Gasteiger partial charge in [-0.3, -0.25) is 23.8 Å². The number of aryl methyl sites for hydroxylation is 5. The molecule has 6 aliphatic carbocycles. The fourth-order valence-electron chi connectivity index (χ4n) is 11.9. The van der Waals surface area contributed by atoms with E-state index in [1.807, 2.05) is 24.7 Å². The predicted molar refractivity (Wildman–Crippen MR) is 336 cm³/mol. The van der Waals surface area contributed by atoms with Crippen molar-refractivity contribution in [3.63, 3.8) is 0 Å². The van der Waals surface area contributed by atoms with E-state index in [2.05, 4.69) is 30.2 Å². The number of rotatable bonds is 4. The molecule has 6 heterocycles.